The molecule has 8 heteroatoms. The molecule has 1 aromatic heterocycles. The van der Waals surface area contributed by atoms with Gasteiger partial charge in [-0.1, -0.05) is 30.3 Å². The van der Waals surface area contributed by atoms with Crippen molar-refractivity contribution in [2.45, 2.75) is 0 Å². The second-order valence-electron chi connectivity index (χ2n) is 4.95. The first kappa shape index (κ1) is 15.9. The first-order chi connectivity index (χ1) is 12.1. The largest absolute Gasteiger partial charge is 0.478 e. The number of H-pyrrole nitrogens is 1. The van der Waals surface area contributed by atoms with Crippen LogP contribution >= 0.6 is 0 Å². The molecule has 0 saturated carbocycles. The predicted molar refractivity (Wildman–Crippen MR) is 88.7 cm³/mol. The number of carbonyl (C=O) groups is 1. The molecule has 2 N–H and O–H groups in total. The Balaban J connectivity index is 2.08. The fourth-order valence-corrected chi connectivity index (χ4v) is 2.20. The summed E-state index contributed by atoms with van der Waals surface area (Å²) >= 11 is 0. The van der Waals surface area contributed by atoms with E-state index < -0.39 is 11.5 Å². The molecule has 0 atom stereocenters. The Bertz CT molecular complexity index is 1060. The van der Waals surface area contributed by atoms with Crippen LogP contribution in [-0.4, -0.2) is 20.9 Å². The summed E-state index contributed by atoms with van der Waals surface area (Å²) in [4.78, 5) is 23.7. The average Bonchev–Trinajstić information content (AvgIpc) is 2.96. The van der Waals surface area contributed by atoms with E-state index in [4.69, 9.17) is 5.11 Å². The van der Waals surface area contributed by atoms with E-state index in [2.05, 4.69) is 15.3 Å². The summed E-state index contributed by atoms with van der Waals surface area (Å²) < 4.78 is 1.18. The van der Waals surface area contributed by atoms with E-state index in [1.54, 1.807) is 42.5 Å². The van der Waals surface area contributed by atoms with Crippen molar-refractivity contribution in [1.82, 2.24) is 9.78 Å². The van der Waals surface area contributed by atoms with Crippen LogP contribution in [0.25, 0.3) is 5.69 Å². The molecule has 0 radical (unpaired) electrons. The van der Waals surface area contributed by atoms with Crippen LogP contribution in [0.1, 0.15) is 16.1 Å². The molecule has 0 amide bonds. The first-order valence-electron chi connectivity index (χ1n) is 7.16. The van der Waals surface area contributed by atoms with Crippen molar-refractivity contribution in [3.05, 3.63) is 76.2 Å². The summed E-state index contributed by atoms with van der Waals surface area (Å²) in [5.41, 5.74) is -0.234. The number of nitrogens with one attached hydrogen (secondary N) is 1. The van der Waals surface area contributed by atoms with Gasteiger partial charge >= 0.3 is 5.97 Å². The van der Waals surface area contributed by atoms with E-state index in [9.17, 15) is 14.9 Å². The Morgan fingerprint density at radius 3 is 2.44 bits per heavy atom. The van der Waals surface area contributed by atoms with E-state index >= 15 is 0 Å². The number of rotatable bonds is 4. The minimum atomic E-state index is -1.16. The maximum atomic E-state index is 12.5. The Labute approximate surface area is 141 Å². The third-order valence-electron chi connectivity index (χ3n) is 3.38. The Morgan fingerprint density at radius 1 is 1.08 bits per heavy atom. The molecule has 0 aliphatic heterocycles. The summed E-state index contributed by atoms with van der Waals surface area (Å²) in [6.07, 6.45) is 0. The lowest BCUT2D eigenvalue weighted by atomic mass is 10.2. The number of hydrogen-bond donors (Lipinski definition) is 2. The molecule has 0 fully saturated rings. The lowest BCUT2D eigenvalue weighted by molar-refractivity contribution is 0.0697. The van der Waals surface area contributed by atoms with Crippen molar-refractivity contribution >= 4 is 17.3 Å². The molecule has 0 bridgehead atoms. The molecule has 8 nitrogen and oxygen atoms in total. The zero-order valence-electron chi connectivity index (χ0n) is 12.7. The molecule has 3 aromatic rings. The van der Waals surface area contributed by atoms with E-state index in [1.807, 2.05) is 6.07 Å². The Hall–Kier alpha value is -3.99. The number of nitrogens with zero attached hydrogens (tertiary/aromatic N) is 4. The van der Waals surface area contributed by atoms with Crippen LogP contribution in [0, 0.1) is 11.3 Å². The molecule has 0 aliphatic rings. The van der Waals surface area contributed by atoms with Gasteiger partial charge in [0, 0.05) is 0 Å². The molecule has 0 spiro atoms. The molecule has 1 heterocycles. The van der Waals surface area contributed by atoms with Gasteiger partial charge in [-0.3, -0.25) is 9.89 Å². The highest BCUT2D eigenvalue weighted by Crippen LogP contribution is 2.22. The lowest BCUT2D eigenvalue weighted by Crippen LogP contribution is -2.13. The van der Waals surface area contributed by atoms with Crippen molar-refractivity contribution in [3.63, 3.8) is 0 Å². The van der Waals surface area contributed by atoms with Crippen molar-refractivity contribution in [3.8, 4) is 11.8 Å². The smallest absolute Gasteiger partial charge is 0.337 e. The molecule has 122 valence electrons. The Morgan fingerprint density at radius 2 is 1.76 bits per heavy atom. The highest BCUT2D eigenvalue weighted by Gasteiger charge is 2.15. The van der Waals surface area contributed by atoms with Gasteiger partial charge in [0.2, 0.25) is 0 Å². The minimum absolute atomic E-state index is 0.0521. The number of carboxylic acids is 1. The fraction of sp³-hybridized carbons (Fsp3) is 0. The molecule has 2 aromatic carbocycles. The van der Waals surface area contributed by atoms with Crippen LogP contribution in [0.15, 0.2) is 69.6 Å². The SMILES string of the molecule is N#Cc1[nH]n(-c2ccccc2)c(=O)c1N=Nc1ccccc1C(=O)O. The number of para-hydroxylation sites is 1. The average molecular weight is 333 g/mol. The molecule has 3 rings (SSSR count). The molecular weight excluding hydrogens is 322 g/mol. The van der Waals surface area contributed by atoms with Crippen molar-refractivity contribution < 1.29 is 9.90 Å². The second-order valence-corrected chi connectivity index (χ2v) is 4.95. The standard InChI is InChI=1S/C17H11N5O3/c18-10-14-15(16(23)22(21-14)11-6-2-1-3-7-11)20-19-13-9-5-4-8-12(13)17(24)25/h1-9,21H,(H,24,25). The van der Waals surface area contributed by atoms with Crippen LogP contribution in [0.3, 0.4) is 0 Å². The first-order valence-corrected chi connectivity index (χ1v) is 7.16. The topological polar surface area (TPSA) is 124 Å². The molecule has 0 aliphatic carbocycles. The predicted octanol–water partition coefficient (Wildman–Crippen LogP) is 3.15. The van der Waals surface area contributed by atoms with Gasteiger partial charge in [-0.2, -0.15) is 5.26 Å². The number of hydrogen-bond acceptors (Lipinski definition) is 5. The van der Waals surface area contributed by atoms with E-state index in [0.29, 0.717) is 5.69 Å². The number of benzene rings is 2. The molecular formula is C17H11N5O3. The monoisotopic (exact) mass is 333 g/mol. The molecule has 0 unspecified atom stereocenters. The van der Waals surface area contributed by atoms with Crippen LogP contribution < -0.4 is 5.56 Å². The third kappa shape index (κ3) is 3.07. The molecule has 25 heavy (non-hydrogen) atoms. The van der Waals surface area contributed by atoms with Crippen molar-refractivity contribution in [2.24, 2.45) is 10.2 Å². The number of nitriles is 1. The van der Waals surface area contributed by atoms with Crippen molar-refractivity contribution in [1.29, 1.82) is 5.26 Å². The molecule has 0 saturated heterocycles. The summed E-state index contributed by atoms with van der Waals surface area (Å²) in [6.45, 7) is 0. The van der Waals surface area contributed by atoms with Crippen LogP contribution in [0.5, 0.6) is 0 Å². The number of aromatic carboxylic acids is 1. The van der Waals surface area contributed by atoms with Gasteiger partial charge in [0.25, 0.3) is 5.56 Å². The maximum Gasteiger partial charge on any atom is 0.337 e. The lowest BCUT2D eigenvalue weighted by Gasteiger charge is -1.99. The van der Waals surface area contributed by atoms with Gasteiger partial charge in [0.05, 0.1) is 11.3 Å². The fourth-order valence-electron chi connectivity index (χ4n) is 2.20. The maximum absolute atomic E-state index is 12.5. The normalized spacial score (nSPS) is 10.7. The van der Waals surface area contributed by atoms with Crippen LogP contribution in [0.4, 0.5) is 11.4 Å². The number of aromatic amines is 1. The van der Waals surface area contributed by atoms with Gasteiger partial charge in [-0.05, 0) is 24.3 Å². The van der Waals surface area contributed by atoms with Gasteiger partial charge in [-0.15, -0.1) is 10.2 Å². The zero-order chi connectivity index (χ0) is 17.8. The Kier molecular flexibility index (Phi) is 4.22. The minimum Gasteiger partial charge on any atom is -0.478 e. The number of aromatic nitrogens is 2. The van der Waals surface area contributed by atoms with Gasteiger partial charge in [0.1, 0.15) is 11.8 Å². The number of carboxylic acid groups (broad SMARTS) is 1. The summed E-state index contributed by atoms with van der Waals surface area (Å²) in [5, 5.41) is 28.7. The van der Waals surface area contributed by atoms with Crippen molar-refractivity contribution in [2.75, 3.05) is 0 Å². The van der Waals surface area contributed by atoms with Crippen LogP contribution in [-0.2, 0) is 0 Å². The number of azo groups is 1. The second kappa shape index (κ2) is 6.64. The summed E-state index contributed by atoms with van der Waals surface area (Å²) in [7, 11) is 0. The highest BCUT2D eigenvalue weighted by molar-refractivity contribution is 5.93. The third-order valence-corrected chi connectivity index (χ3v) is 3.38. The van der Waals surface area contributed by atoms with Gasteiger partial charge < -0.3 is 5.11 Å². The highest BCUT2D eigenvalue weighted by atomic mass is 16.4. The summed E-state index contributed by atoms with van der Waals surface area (Å²) in [6, 6.07) is 16.5. The van der Waals surface area contributed by atoms with E-state index in [0.717, 1.165) is 0 Å². The van der Waals surface area contributed by atoms with Gasteiger partial charge in [-0.25, -0.2) is 9.48 Å². The quantitative estimate of drug-likeness (QED) is 0.712. The van der Waals surface area contributed by atoms with Crippen LogP contribution in [0.2, 0.25) is 0 Å². The van der Waals surface area contributed by atoms with E-state index in [1.165, 1.54) is 16.8 Å². The summed E-state index contributed by atoms with van der Waals surface area (Å²) in [5.74, 6) is -1.16. The van der Waals surface area contributed by atoms with E-state index in [-0.39, 0.29) is 22.6 Å². The zero-order valence-corrected chi connectivity index (χ0v) is 12.7. The van der Waals surface area contributed by atoms with Gasteiger partial charge in [0.15, 0.2) is 11.4 Å².